The molecule has 1 aliphatic carbocycles. The number of nitrogens with one attached hydrogen (secondary N) is 1. The van der Waals surface area contributed by atoms with Gasteiger partial charge in [0.25, 0.3) is 0 Å². The van der Waals surface area contributed by atoms with Gasteiger partial charge in [-0.3, -0.25) is 4.79 Å². The molecule has 1 amide bonds. The van der Waals surface area contributed by atoms with Gasteiger partial charge in [0.15, 0.2) is 6.29 Å². The van der Waals surface area contributed by atoms with E-state index in [4.69, 9.17) is 16.3 Å². The molecule has 3 aromatic carbocycles. The fourth-order valence-electron chi connectivity index (χ4n) is 3.94. The lowest BCUT2D eigenvalue weighted by molar-refractivity contribution is 0.112. The van der Waals surface area contributed by atoms with Crippen molar-refractivity contribution in [2.45, 2.75) is 12.3 Å². The number of carbonyl (C=O) groups is 2. The predicted molar refractivity (Wildman–Crippen MR) is 124 cm³/mol. The number of hydrogen-bond acceptors (Lipinski definition) is 3. The molecule has 3 aromatic rings. The highest BCUT2D eigenvalue weighted by Crippen LogP contribution is 2.44. The summed E-state index contributed by atoms with van der Waals surface area (Å²) in [6.45, 7) is 0.727. The number of benzene rings is 3. The molecule has 31 heavy (non-hydrogen) atoms. The van der Waals surface area contributed by atoms with E-state index in [0.717, 1.165) is 11.8 Å². The van der Waals surface area contributed by atoms with Crippen LogP contribution < -0.4 is 5.32 Å². The van der Waals surface area contributed by atoms with E-state index >= 15 is 0 Å². The third-order valence-corrected chi connectivity index (χ3v) is 5.76. The molecule has 0 bridgehead atoms. The lowest BCUT2D eigenvalue weighted by Gasteiger charge is -2.14. The SMILES string of the molecule is O=Cc1c(Cl)cccc1C=CCCNC(=O)OCC1c2ccccc2-c2ccccc21. The first-order valence-corrected chi connectivity index (χ1v) is 10.6. The van der Waals surface area contributed by atoms with E-state index < -0.39 is 6.09 Å². The highest BCUT2D eigenvalue weighted by atomic mass is 35.5. The Morgan fingerprint density at radius 2 is 1.65 bits per heavy atom. The summed E-state index contributed by atoms with van der Waals surface area (Å²) < 4.78 is 5.52. The molecule has 0 spiro atoms. The summed E-state index contributed by atoms with van der Waals surface area (Å²) >= 11 is 6.02. The number of alkyl carbamates (subject to hydrolysis) is 1. The van der Waals surface area contributed by atoms with Gasteiger partial charge in [-0.15, -0.1) is 0 Å². The van der Waals surface area contributed by atoms with Gasteiger partial charge >= 0.3 is 6.09 Å². The number of rotatable bonds is 7. The van der Waals surface area contributed by atoms with Crippen molar-refractivity contribution in [2.24, 2.45) is 0 Å². The van der Waals surface area contributed by atoms with Crippen LogP contribution in [0.3, 0.4) is 0 Å². The van der Waals surface area contributed by atoms with E-state index in [2.05, 4.69) is 29.6 Å². The Balaban J connectivity index is 1.29. The number of halogens is 1. The maximum atomic E-state index is 12.2. The fraction of sp³-hybridized carbons (Fsp3) is 0.154. The Bertz CT molecular complexity index is 1090. The van der Waals surface area contributed by atoms with Crippen molar-refractivity contribution in [3.8, 4) is 11.1 Å². The van der Waals surface area contributed by atoms with Crippen LogP contribution in [0.1, 0.15) is 39.4 Å². The van der Waals surface area contributed by atoms with E-state index in [1.54, 1.807) is 12.1 Å². The third kappa shape index (κ3) is 4.54. The summed E-state index contributed by atoms with van der Waals surface area (Å²) in [5.74, 6) is 0.0441. The molecule has 0 atom stereocenters. The van der Waals surface area contributed by atoms with Crippen LogP contribution in [0.4, 0.5) is 4.79 Å². The van der Waals surface area contributed by atoms with Gasteiger partial charge in [0.05, 0.1) is 5.02 Å². The zero-order valence-corrected chi connectivity index (χ0v) is 17.6. The minimum atomic E-state index is -0.438. The average Bonchev–Trinajstić information content (AvgIpc) is 3.11. The van der Waals surface area contributed by atoms with Gasteiger partial charge in [-0.2, -0.15) is 0 Å². The number of ether oxygens (including phenoxy) is 1. The van der Waals surface area contributed by atoms with Gasteiger partial charge in [0, 0.05) is 18.0 Å². The summed E-state index contributed by atoms with van der Waals surface area (Å²) in [4.78, 5) is 23.4. The van der Waals surface area contributed by atoms with Crippen LogP contribution >= 0.6 is 11.6 Å². The number of carbonyl (C=O) groups excluding carboxylic acids is 2. The van der Waals surface area contributed by atoms with E-state index in [0.29, 0.717) is 30.2 Å². The molecule has 4 rings (SSSR count). The van der Waals surface area contributed by atoms with Gasteiger partial charge in [-0.05, 0) is 40.3 Å². The molecule has 0 saturated carbocycles. The molecule has 0 saturated heterocycles. The summed E-state index contributed by atoms with van der Waals surface area (Å²) in [6, 6.07) is 21.8. The second kappa shape index (κ2) is 9.63. The molecule has 1 aliphatic rings. The molecule has 0 radical (unpaired) electrons. The van der Waals surface area contributed by atoms with E-state index in [-0.39, 0.29) is 5.92 Å². The highest BCUT2D eigenvalue weighted by molar-refractivity contribution is 6.33. The van der Waals surface area contributed by atoms with Crippen LogP contribution in [0.25, 0.3) is 17.2 Å². The molecule has 0 unspecified atom stereocenters. The summed E-state index contributed by atoms with van der Waals surface area (Å²) in [7, 11) is 0. The Labute approximate surface area is 186 Å². The van der Waals surface area contributed by atoms with Crippen LogP contribution in [-0.2, 0) is 4.74 Å². The molecular formula is C26H22ClNO3. The van der Waals surface area contributed by atoms with Crippen molar-refractivity contribution in [1.29, 1.82) is 0 Å². The standard InChI is InChI=1S/C26H22ClNO3/c27-25-14-7-9-18(23(25)16-29)8-5-6-15-28-26(30)31-17-24-21-12-3-1-10-19(21)20-11-2-4-13-22(20)24/h1-5,7-14,16,24H,6,15,17H2,(H,28,30). The van der Waals surface area contributed by atoms with Crippen LogP contribution in [0.5, 0.6) is 0 Å². The quantitative estimate of drug-likeness (QED) is 0.363. The van der Waals surface area contributed by atoms with Crippen molar-refractivity contribution in [2.75, 3.05) is 13.2 Å². The normalized spacial score (nSPS) is 12.4. The second-order valence-electron chi connectivity index (χ2n) is 7.30. The summed E-state index contributed by atoms with van der Waals surface area (Å²) in [5, 5.41) is 3.20. The lowest BCUT2D eigenvalue weighted by atomic mass is 9.98. The smallest absolute Gasteiger partial charge is 0.407 e. The third-order valence-electron chi connectivity index (χ3n) is 5.43. The number of hydrogen-bond donors (Lipinski definition) is 1. The van der Waals surface area contributed by atoms with Crippen LogP contribution in [-0.4, -0.2) is 25.5 Å². The molecule has 0 aromatic heterocycles. The molecule has 0 aliphatic heterocycles. The van der Waals surface area contributed by atoms with Crippen LogP contribution in [0, 0.1) is 0 Å². The van der Waals surface area contributed by atoms with Crippen molar-refractivity contribution in [3.05, 3.63) is 100 Å². The zero-order chi connectivity index (χ0) is 21.6. The van der Waals surface area contributed by atoms with Crippen LogP contribution in [0.15, 0.2) is 72.8 Å². The topological polar surface area (TPSA) is 55.4 Å². The first kappa shape index (κ1) is 20.9. The molecule has 0 fully saturated rings. The van der Waals surface area contributed by atoms with Gasteiger partial charge in [-0.25, -0.2) is 4.79 Å². The van der Waals surface area contributed by atoms with E-state index in [1.165, 1.54) is 22.3 Å². The van der Waals surface area contributed by atoms with Crippen LogP contribution in [0.2, 0.25) is 5.02 Å². The molecule has 5 heteroatoms. The maximum absolute atomic E-state index is 12.2. The largest absolute Gasteiger partial charge is 0.449 e. The zero-order valence-electron chi connectivity index (χ0n) is 16.9. The predicted octanol–water partition coefficient (Wildman–Crippen LogP) is 6.09. The fourth-order valence-corrected chi connectivity index (χ4v) is 4.17. The number of amides is 1. The first-order chi connectivity index (χ1) is 15.2. The Morgan fingerprint density at radius 1 is 0.968 bits per heavy atom. The van der Waals surface area contributed by atoms with Crippen molar-refractivity contribution < 1.29 is 14.3 Å². The highest BCUT2D eigenvalue weighted by Gasteiger charge is 2.28. The maximum Gasteiger partial charge on any atom is 0.407 e. The summed E-state index contributed by atoms with van der Waals surface area (Å²) in [6.07, 6.45) is 4.63. The molecule has 156 valence electrons. The monoisotopic (exact) mass is 431 g/mol. The van der Waals surface area contributed by atoms with Crippen molar-refractivity contribution in [1.82, 2.24) is 5.32 Å². The van der Waals surface area contributed by atoms with E-state index in [9.17, 15) is 9.59 Å². The number of aldehydes is 1. The average molecular weight is 432 g/mol. The number of fused-ring (bicyclic) bond motifs is 3. The van der Waals surface area contributed by atoms with Gasteiger partial charge < -0.3 is 10.1 Å². The Morgan fingerprint density at radius 3 is 2.32 bits per heavy atom. The molecule has 4 nitrogen and oxygen atoms in total. The van der Waals surface area contributed by atoms with Gasteiger partial charge in [0.1, 0.15) is 6.61 Å². The van der Waals surface area contributed by atoms with Gasteiger partial charge in [0.2, 0.25) is 0 Å². The van der Waals surface area contributed by atoms with E-state index in [1.807, 2.05) is 42.5 Å². The Kier molecular flexibility index (Phi) is 6.48. The minimum absolute atomic E-state index is 0.0441. The second-order valence-corrected chi connectivity index (χ2v) is 7.71. The summed E-state index contributed by atoms with van der Waals surface area (Å²) in [5.41, 5.74) is 5.99. The van der Waals surface area contributed by atoms with Crippen molar-refractivity contribution in [3.63, 3.8) is 0 Å². The van der Waals surface area contributed by atoms with Crippen molar-refractivity contribution >= 4 is 30.1 Å². The Hall–Kier alpha value is -3.37. The lowest BCUT2D eigenvalue weighted by Crippen LogP contribution is -2.26. The molecule has 1 N–H and O–H groups in total. The minimum Gasteiger partial charge on any atom is -0.449 e. The molecule has 0 heterocycles. The first-order valence-electron chi connectivity index (χ1n) is 10.2. The van der Waals surface area contributed by atoms with Gasteiger partial charge in [-0.1, -0.05) is 84.4 Å². The molecular weight excluding hydrogens is 410 g/mol.